The molecular formula is C22H23F3N4O5. The monoisotopic (exact) mass is 480 g/mol. The number of carbonyl (C=O) groups is 3. The molecule has 1 saturated heterocycles. The van der Waals surface area contributed by atoms with E-state index in [1.54, 1.807) is 19.1 Å². The normalized spacial score (nSPS) is 16.7. The number of aromatic nitrogens is 1. The number of benzene rings is 1. The summed E-state index contributed by atoms with van der Waals surface area (Å²) in [4.78, 5) is 42.2. The van der Waals surface area contributed by atoms with E-state index in [2.05, 4.69) is 20.4 Å². The second kappa shape index (κ2) is 10.4. The molecule has 9 nitrogen and oxygen atoms in total. The second-order valence-electron chi connectivity index (χ2n) is 7.52. The quantitative estimate of drug-likeness (QED) is 0.424. The van der Waals surface area contributed by atoms with Crippen LogP contribution < -0.4 is 20.3 Å². The number of imide groups is 1. The highest BCUT2D eigenvalue weighted by molar-refractivity contribution is 6.21. The molecule has 2 atom stereocenters. The van der Waals surface area contributed by atoms with E-state index in [1.807, 2.05) is 6.92 Å². The number of hydrogen-bond acceptors (Lipinski definition) is 6. The van der Waals surface area contributed by atoms with Crippen LogP contribution in [0.5, 0.6) is 5.75 Å². The molecule has 2 N–H and O–H groups in total. The van der Waals surface area contributed by atoms with Crippen molar-refractivity contribution in [2.45, 2.75) is 45.0 Å². The molecule has 1 aromatic carbocycles. The van der Waals surface area contributed by atoms with E-state index in [4.69, 9.17) is 4.74 Å². The third-order valence-electron chi connectivity index (χ3n) is 5.07. The van der Waals surface area contributed by atoms with Gasteiger partial charge in [-0.2, -0.15) is 0 Å². The summed E-state index contributed by atoms with van der Waals surface area (Å²) in [5.74, 6) is -1.33. The summed E-state index contributed by atoms with van der Waals surface area (Å²) in [6, 6.07) is 5.96. The summed E-state index contributed by atoms with van der Waals surface area (Å²) in [5, 5.41) is 5.11. The van der Waals surface area contributed by atoms with Crippen LogP contribution in [0.25, 0.3) is 0 Å². The summed E-state index contributed by atoms with van der Waals surface area (Å²) in [6.45, 7) is 3.96. The molecule has 34 heavy (non-hydrogen) atoms. The highest BCUT2D eigenvalue weighted by atomic mass is 19.4. The zero-order valence-electron chi connectivity index (χ0n) is 18.4. The average Bonchev–Trinajstić information content (AvgIpc) is 3.07. The van der Waals surface area contributed by atoms with Crippen LogP contribution in [0.15, 0.2) is 42.6 Å². The Bertz CT molecular complexity index is 1050. The van der Waals surface area contributed by atoms with E-state index in [1.165, 1.54) is 18.3 Å². The van der Waals surface area contributed by atoms with Crippen LogP contribution in [0, 0.1) is 0 Å². The number of halogens is 3. The number of nitrogens with zero attached hydrogens (tertiary/aromatic N) is 2. The van der Waals surface area contributed by atoms with Crippen molar-refractivity contribution in [2.24, 2.45) is 0 Å². The minimum atomic E-state index is -4.85. The number of amides is 4. The minimum Gasteiger partial charge on any atom is -0.449 e. The maximum absolute atomic E-state index is 13.0. The Kier molecular flexibility index (Phi) is 7.59. The van der Waals surface area contributed by atoms with Crippen molar-refractivity contribution >= 4 is 29.5 Å². The van der Waals surface area contributed by atoms with Gasteiger partial charge in [0.15, 0.2) is 0 Å². The number of hydrogen-bond donors (Lipinski definition) is 2. The molecule has 4 amide bonds. The van der Waals surface area contributed by atoms with Gasteiger partial charge >= 0.3 is 18.5 Å². The van der Waals surface area contributed by atoms with Crippen molar-refractivity contribution in [3.8, 4) is 5.75 Å². The maximum Gasteiger partial charge on any atom is 0.573 e. The lowest BCUT2D eigenvalue weighted by atomic mass is 9.94. The SMILES string of the molecule is CCCCOC(=O)Nc1cc(C(C)C2NC(=O)N(c3ccc(OC(F)(F)F)cc3)C2=O)ccn1. The van der Waals surface area contributed by atoms with Gasteiger partial charge in [-0.05, 0) is 48.4 Å². The Balaban J connectivity index is 1.70. The predicted molar refractivity (Wildman–Crippen MR) is 115 cm³/mol. The maximum atomic E-state index is 13.0. The van der Waals surface area contributed by atoms with Gasteiger partial charge in [-0.25, -0.2) is 19.5 Å². The number of anilines is 2. The Morgan fingerprint density at radius 1 is 1.24 bits per heavy atom. The molecule has 0 aliphatic carbocycles. The Labute approximate surface area is 193 Å². The van der Waals surface area contributed by atoms with E-state index >= 15 is 0 Å². The second-order valence-corrected chi connectivity index (χ2v) is 7.52. The first-order chi connectivity index (χ1) is 16.1. The Morgan fingerprint density at radius 3 is 2.59 bits per heavy atom. The Morgan fingerprint density at radius 2 is 1.94 bits per heavy atom. The molecule has 12 heteroatoms. The van der Waals surface area contributed by atoms with E-state index in [0.717, 1.165) is 29.9 Å². The summed E-state index contributed by atoms with van der Waals surface area (Å²) < 4.78 is 45.9. The van der Waals surface area contributed by atoms with Gasteiger partial charge < -0.3 is 14.8 Å². The van der Waals surface area contributed by atoms with Gasteiger partial charge in [0.1, 0.15) is 17.6 Å². The fraction of sp³-hybridized carbons (Fsp3) is 0.364. The number of alkyl halides is 3. The molecule has 1 aliphatic heterocycles. The highest BCUT2D eigenvalue weighted by Gasteiger charge is 2.42. The molecule has 1 aliphatic rings. The van der Waals surface area contributed by atoms with Crippen LogP contribution in [-0.4, -0.2) is 42.0 Å². The topological polar surface area (TPSA) is 110 Å². The summed E-state index contributed by atoms with van der Waals surface area (Å²) in [7, 11) is 0. The lowest BCUT2D eigenvalue weighted by Crippen LogP contribution is -2.35. The lowest BCUT2D eigenvalue weighted by molar-refractivity contribution is -0.274. The molecule has 182 valence electrons. The summed E-state index contributed by atoms with van der Waals surface area (Å²) in [5.41, 5.74) is 0.715. The van der Waals surface area contributed by atoms with Gasteiger partial charge in [-0.1, -0.05) is 20.3 Å². The third kappa shape index (κ3) is 6.15. The van der Waals surface area contributed by atoms with Gasteiger partial charge in [0.25, 0.3) is 5.91 Å². The van der Waals surface area contributed by atoms with Gasteiger partial charge in [0, 0.05) is 12.1 Å². The molecule has 3 rings (SSSR count). The number of urea groups is 1. The molecule has 1 fully saturated rings. The zero-order valence-corrected chi connectivity index (χ0v) is 18.4. The van der Waals surface area contributed by atoms with Crippen LogP contribution in [0.3, 0.4) is 0 Å². The first kappa shape index (κ1) is 24.8. The number of unbranched alkanes of at least 4 members (excludes halogenated alkanes) is 1. The largest absolute Gasteiger partial charge is 0.573 e. The van der Waals surface area contributed by atoms with Crippen LogP contribution in [0.2, 0.25) is 0 Å². The zero-order chi connectivity index (χ0) is 24.9. The van der Waals surface area contributed by atoms with Crippen molar-refractivity contribution in [1.29, 1.82) is 0 Å². The predicted octanol–water partition coefficient (Wildman–Crippen LogP) is 4.56. The fourth-order valence-corrected chi connectivity index (χ4v) is 3.32. The standard InChI is InChI=1S/C22H23F3N4O5/c1-3-4-11-33-21(32)27-17-12-14(9-10-26-17)13(2)18-19(30)29(20(31)28-18)15-5-7-16(8-6-15)34-22(23,24)25/h5-10,12-13,18H,3-4,11H2,1-2H3,(H,28,31)(H,26,27,32). The lowest BCUT2D eigenvalue weighted by Gasteiger charge is -2.19. The minimum absolute atomic E-state index is 0.0960. The molecular weight excluding hydrogens is 457 g/mol. The van der Waals surface area contributed by atoms with Crippen molar-refractivity contribution < 1.29 is 37.0 Å². The number of ether oxygens (including phenoxy) is 2. The van der Waals surface area contributed by atoms with Crippen LogP contribution in [-0.2, 0) is 9.53 Å². The molecule has 1 aromatic heterocycles. The van der Waals surface area contributed by atoms with Crippen LogP contribution in [0.1, 0.15) is 38.2 Å². The fourth-order valence-electron chi connectivity index (χ4n) is 3.32. The van der Waals surface area contributed by atoms with Gasteiger partial charge in [-0.15, -0.1) is 13.2 Å². The van der Waals surface area contributed by atoms with Crippen molar-refractivity contribution in [3.63, 3.8) is 0 Å². The number of carbonyl (C=O) groups excluding carboxylic acids is 3. The van der Waals surface area contributed by atoms with Gasteiger partial charge in [0.2, 0.25) is 0 Å². The first-order valence-electron chi connectivity index (χ1n) is 10.5. The van der Waals surface area contributed by atoms with Crippen molar-refractivity contribution in [2.75, 3.05) is 16.8 Å². The summed E-state index contributed by atoms with van der Waals surface area (Å²) >= 11 is 0. The van der Waals surface area contributed by atoms with Crippen LogP contribution in [0.4, 0.5) is 34.3 Å². The summed E-state index contributed by atoms with van der Waals surface area (Å²) in [6.07, 6.45) is -2.45. The average molecular weight is 480 g/mol. The van der Waals surface area contributed by atoms with Crippen LogP contribution >= 0.6 is 0 Å². The molecule has 0 saturated carbocycles. The highest BCUT2D eigenvalue weighted by Crippen LogP contribution is 2.30. The van der Waals surface area contributed by atoms with Crippen molar-refractivity contribution in [3.05, 3.63) is 48.2 Å². The first-order valence-corrected chi connectivity index (χ1v) is 10.5. The van der Waals surface area contributed by atoms with Gasteiger partial charge in [-0.3, -0.25) is 10.1 Å². The van der Waals surface area contributed by atoms with Crippen molar-refractivity contribution in [1.82, 2.24) is 10.3 Å². The molecule has 0 radical (unpaired) electrons. The van der Waals surface area contributed by atoms with Gasteiger partial charge in [0.05, 0.1) is 12.3 Å². The molecule has 2 aromatic rings. The smallest absolute Gasteiger partial charge is 0.449 e. The molecule has 0 bridgehead atoms. The number of pyridine rings is 1. The van der Waals surface area contributed by atoms with E-state index < -0.39 is 42.1 Å². The van der Waals surface area contributed by atoms with E-state index in [0.29, 0.717) is 5.56 Å². The molecule has 2 unspecified atom stereocenters. The Hall–Kier alpha value is -3.83. The van der Waals surface area contributed by atoms with E-state index in [-0.39, 0.29) is 18.1 Å². The number of nitrogens with one attached hydrogen (secondary N) is 2. The third-order valence-corrected chi connectivity index (χ3v) is 5.07. The molecule has 0 spiro atoms. The number of rotatable bonds is 8. The molecule has 2 heterocycles. The van der Waals surface area contributed by atoms with E-state index in [9.17, 15) is 27.6 Å².